The van der Waals surface area contributed by atoms with Gasteiger partial charge in [0.1, 0.15) is 0 Å². The predicted octanol–water partition coefficient (Wildman–Crippen LogP) is 2.46. The summed E-state index contributed by atoms with van der Waals surface area (Å²) in [5.41, 5.74) is 0. The van der Waals surface area contributed by atoms with E-state index >= 15 is 0 Å². The van der Waals surface area contributed by atoms with Crippen LogP contribution in [-0.2, 0) is 10.0 Å². The number of piperazine rings is 1. The first-order valence-electron chi connectivity index (χ1n) is 8.18. The molecule has 0 bridgehead atoms. The van der Waals surface area contributed by atoms with Crippen LogP contribution < -0.4 is 0 Å². The molecule has 0 aromatic heterocycles. The Morgan fingerprint density at radius 2 is 1.50 bits per heavy atom. The third-order valence-electron chi connectivity index (χ3n) is 4.95. The standard InChI is InChI=1S/C15H30N2O2S/c1-4-6-14(7-5-2)16-10-12-17(13-11-16)20(18,19)15(3)8-9-15/h14H,4-13H2,1-3H3. The van der Waals surface area contributed by atoms with Crippen molar-refractivity contribution in [1.82, 2.24) is 9.21 Å². The van der Waals surface area contributed by atoms with Crippen LogP contribution in [0.4, 0.5) is 0 Å². The molecular formula is C15H30N2O2S. The molecule has 118 valence electrons. The molecule has 1 aliphatic carbocycles. The van der Waals surface area contributed by atoms with E-state index in [1.807, 2.05) is 6.92 Å². The second kappa shape index (κ2) is 6.32. The number of sulfonamides is 1. The lowest BCUT2D eigenvalue weighted by atomic mass is 10.0. The monoisotopic (exact) mass is 302 g/mol. The minimum absolute atomic E-state index is 0.443. The molecule has 4 nitrogen and oxygen atoms in total. The Kier molecular flexibility index (Phi) is 5.14. The highest BCUT2D eigenvalue weighted by molar-refractivity contribution is 7.90. The smallest absolute Gasteiger partial charge is 0.219 e. The van der Waals surface area contributed by atoms with Crippen LogP contribution in [0.3, 0.4) is 0 Å². The molecule has 0 unspecified atom stereocenters. The van der Waals surface area contributed by atoms with Crippen molar-refractivity contribution in [1.29, 1.82) is 0 Å². The van der Waals surface area contributed by atoms with E-state index in [2.05, 4.69) is 18.7 Å². The van der Waals surface area contributed by atoms with Crippen LogP contribution in [0.2, 0.25) is 0 Å². The summed E-state index contributed by atoms with van der Waals surface area (Å²) in [7, 11) is -3.06. The van der Waals surface area contributed by atoms with Gasteiger partial charge in [0.2, 0.25) is 10.0 Å². The van der Waals surface area contributed by atoms with Crippen LogP contribution in [0.15, 0.2) is 0 Å². The van der Waals surface area contributed by atoms with Gasteiger partial charge in [0, 0.05) is 32.2 Å². The van der Waals surface area contributed by atoms with Crippen molar-refractivity contribution in [3.8, 4) is 0 Å². The number of nitrogens with zero attached hydrogens (tertiary/aromatic N) is 2. The van der Waals surface area contributed by atoms with Gasteiger partial charge in [-0.1, -0.05) is 26.7 Å². The van der Waals surface area contributed by atoms with Crippen molar-refractivity contribution in [2.75, 3.05) is 26.2 Å². The summed E-state index contributed by atoms with van der Waals surface area (Å²) in [4.78, 5) is 2.51. The summed E-state index contributed by atoms with van der Waals surface area (Å²) in [5.74, 6) is 0. The molecule has 5 heteroatoms. The molecule has 0 radical (unpaired) electrons. The van der Waals surface area contributed by atoms with Crippen LogP contribution in [0.25, 0.3) is 0 Å². The van der Waals surface area contributed by atoms with Crippen molar-refractivity contribution < 1.29 is 8.42 Å². The van der Waals surface area contributed by atoms with Gasteiger partial charge >= 0.3 is 0 Å². The summed E-state index contributed by atoms with van der Waals surface area (Å²) in [6, 6.07) is 0.645. The second-order valence-electron chi connectivity index (χ2n) is 6.62. The van der Waals surface area contributed by atoms with E-state index in [-0.39, 0.29) is 0 Å². The largest absolute Gasteiger partial charge is 0.298 e. The first-order valence-corrected chi connectivity index (χ1v) is 9.62. The van der Waals surface area contributed by atoms with Crippen LogP contribution >= 0.6 is 0 Å². The molecule has 2 rings (SSSR count). The van der Waals surface area contributed by atoms with E-state index in [1.54, 1.807) is 4.31 Å². The summed E-state index contributed by atoms with van der Waals surface area (Å²) in [6.45, 7) is 9.53. The average molecular weight is 302 g/mol. The van der Waals surface area contributed by atoms with Gasteiger partial charge in [-0.15, -0.1) is 0 Å². The Morgan fingerprint density at radius 3 is 1.90 bits per heavy atom. The zero-order valence-corrected chi connectivity index (χ0v) is 14.1. The maximum Gasteiger partial charge on any atom is 0.219 e. The lowest BCUT2D eigenvalue weighted by molar-refractivity contribution is 0.123. The van der Waals surface area contributed by atoms with Crippen LogP contribution in [-0.4, -0.2) is 54.6 Å². The molecule has 2 aliphatic rings. The van der Waals surface area contributed by atoms with Gasteiger partial charge in [0.15, 0.2) is 0 Å². The third kappa shape index (κ3) is 3.20. The lowest BCUT2D eigenvalue weighted by Crippen LogP contribution is -2.53. The van der Waals surface area contributed by atoms with Crippen molar-refractivity contribution in [2.45, 2.75) is 70.1 Å². The Hall–Kier alpha value is -0.130. The molecule has 0 amide bonds. The maximum absolute atomic E-state index is 12.5. The zero-order valence-electron chi connectivity index (χ0n) is 13.3. The maximum atomic E-state index is 12.5. The summed E-state index contributed by atoms with van der Waals surface area (Å²) in [5, 5.41) is 0. The van der Waals surface area contributed by atoms with Crippen molar-refractivity contribution in [2.24, 2.45) is 0 Å². The van der Waals surface area contributed by atoms with E-state index in [9.17, 15) is 8.42 Å². The zero-order chi connectivity index (χ0) is 14.8. The molecule has 1 saturated heterocycles. The van der Waals surface area contributed by atoms with Gasteiger partial charge in [-0.25, -0.2) is 8.42 Å². The van der Waals surface area contributed by atoms with Gasteiger partial charge in [-0.05, 0) is 32.6 Å². The minimum Gasteiger partial charge on any atom is -0.298 e. The van der Waals surface area contributed by atoms with E-state index < -0.39 is 14.8 Å². The average Bonchev–Trinajstić information content (AvgIpc) is 3.18. The fourth-order valence-corrected chi connectivity index (χ4v) is 5.12. The van der Waals surface area contributed by atoms with Crippen molar-refractivity contribution >= 4 is 10.0 Å². The molecule has 1 aliphatic heterocycles. The molecule has 0 atom stereocenters. The molecule has 20 heavy (non-hydrogen) atoms. The second-order valence-corrected chi connectivity index (χ2v) is 9.07. The third-order valence-corrected chi connectivity index (χ3v) is 7.65. The van der Waals surface area contributed by atoms with Crippen LogP contribution in [0, 0.1) is 0 Å². The molecule has 2 fully saturated rings. The minimum atomic E-state index is -3.06. The molecule has 0 N–H and O–H groups in total. The van der Waals surface area contributed by atoms with Gasteiger partial charge < -0.3 is 0 Å². The SMILES string of the molecule is CCCC(CCC)N1CCN(S(=O)(=O)C2(C)CC2)CC1. The molecular weight excluding hydrogens is 272 g/mol. The van der Waals surface area contributed by atoms with Gasteiger partial charge in [-0.2, -0.15) is 4.31 Å². The van der Waals surface area contributed by atoms with E-state index in [4.69, 9.17) is 0 Å². The highest BCUT2D eigenvalue weighted by Gasteiger charge is 2.53. The Bertz CT molecular complexity index is 404. The Morgan fingerprint density at radius 1 is 1.00 bits per heavy atom. The van der Waals surface area contributed by atoms with E-state index in [1.165, 1.54) is 25.7 Å². The highest BCUT2D eigenvalue weighted by atomic mass is 32.2. The first kappa shape index (κ1) is 16.2. The molecule has 0 aromatic rings. The topological polar surface area (TPSA) is 40.6 Å². The van der Waals surface area contributed by atoms with Crippen molar-refractivity contribution in [3.63, 3.8) is 0 Å². The fourth-order valence-electron chi connectivity index (χ4n) is 3.23. The normalized spacial score (nSPS) is 24.2. The van der Waals surface area contributed by atoms with Crippen molar-refractivity contribution in [3.05, 3.63) is 0 Å². The number of hydrogen-bond acceptors (Lipinski definition) is 3. The van der Waals surface area contributed by atoms with Gasteiger partial charge in [0.05, 0.1) is 4.75 Å². The molecule has 1 heterocycles. The molecule has 1 saturated carbocycles. The highest BCUT2D eigenvalue weighted by Crippen LogP contribution is 2.44. The molecule has 0 aromatic carbocycles. The van der Waals surface area contributed by atoms with Gasteiger partial charge in [-0.3, -0.25) is 4.90 Å². The summed E-state index contributed by atoms with van der Waals surface area (Å²) < 4.78 is 26.3. The first-order chi connectivity index (χ1) is 9.44. The summed E-state index contributed by atoms with van der Waals surface area (Å²) >= 11 is 0. The lowest BCUT2D eigenvalue weighted by Gasteiger charge is -2.39. The van der Waals surface area contributed by atoms with Crippen LogP contribution in [0.1, 0.15) is 59.3 Å². The predicted molar refractivity (Wildman–Crippen MR) is 83.3 cm³/mol. The van der Waals surface area contributed by atoms with Crippen LogP contribution in [0.5, 0.6) is 0 Å². The number of rotatable bonds is 7. The number of hydrogen-bond donors (Lipinski definition) is 0. The Balaban J connectivity index is 1.91. The molecule has 0 spiro atoms. The Labute approximate surface area is 124 Å². The summed E-state index contributed by atoms with van der Waals surface area (Å²) in [6.07, 6.45) is 6.56. The van der Waals surface area contributed by atoms with Gasteiger partial charge in [0.25, 0.3) is 0 Å². The quantitative estimate of drug-likeness (QED) is 0.725. The van der Waals surface area contributed by atoms with E-state index in [0.29, 0.717) is 19.1 Å². The van der Waals surface area contributed by atoms with E-state index in [0.717, 1.165) is 25.9 Å². The fraction of sp³-hybridized carbons (Fsp3) is 1.00.